The molecule has 2 aliphatic heterocycles. The Labute approximate surface area is 467 Å². The van der Waals surface area contributed by atoms with Crippen molar-refractivity contribution in [3.05, 3.63) is 147 Å². The Bertz CT molecular complexity index is 3100. The molecule has 4 amide bonds. The van der Waals surface area contributed by atoms with Gasteiger partial charge in [0.05, 0.1) is 79.2 Å². The number of amides is 4. The number of carbonyl (C=O) groups excluding carboxylic acids is 4. The van der Waals surface area contributed by atoms with Crippen LogP contribution in [-0.4, -0.2) is 127 Å². The maximum atomic E-state index is 15.0. The number of rotatable bonds is 25. The Balaban J connectivity index is 0.656. The first-order valence-electron chi connectivity index (χ1n) is 26.3. The SMILES string of the molecule is Cc1ncsc1-c1ccc(CNC(=O)[C@@H]2CCCN2C(=O)C(NC(=O)CCNCCOCCOCCOCCNC(=O)c2ccc(Nc3ncc4c(n3)-c3ccc(Cl)cc3C(c3c(F)cccc3F)=NC4)cc2)C(C)(C)C)cc1. The Morgan fingerprint density at radius 1 is 0.835 bits per heavy atom. The van der Waals surface area contributed by atoms with E-state index in [1.54, 1.807) is 64.9 Å². The summed E-state index contributed by atoms with van der Waals surface area (Å²) in [6, 6.07) is 22.1. The lowest BCUT2D eigenvalue weighted by Crippen LogP contribution is -2.57. The number of hydrogen-bond donors (Lipinski definition) is 5. The van der Waals surface area contributed by atoms with Crippen LogP contribution in [0.2, 0.25) is 5.02 Å². The summed E-state index contributed by atoms with van der Waals surface area (Å²) >= 11 is 7.94. The lowest BCUT2D eigenvalue weighted by molar-refractivity contribution is -0.143. The molecule has 5 N–H and O–H groups in total. The minimum atomic E-state index is -0.800. The van der Waals surface area contributed by atoms with Crippen molar-refractivity contribution in [2.24, 2.45) is 10.4 Å². The lowest BCUT2D eigenvalue weighted by atomic mass is 9.85. The normalized spacial score (nSPS) is 14.4. The number of thiazole rings is 1. The van der Waals surface area contributed by atoms with Gasteiger partial charge in [-0.1, -0.05) is 68.8 Å². The number of nitrogens with one attached hydrogen (secondary N) is 5. The van der Waals surface area contributed by atoms with Crippen LogP contribution in [0.15, 0.2) is 102 Å². The number of halogens is 3. The third-order valence-corrected chi connectivity index (χ3v) is 14.5. The summed E-state index contributed by atoms with van der Waals surface area (Å²) in [6.07, 6.45) is 3.04. The third-order valence-electron chi connectivity index (χ3n) is 13.3. The Morgan fingerprint density at radius 3 is 2.24 bits per heavy atom. The van der Waals surface area contributed by atoms with Crippen molar-refractivity contribution in [1.82, 2.24) is 41.1 Å². The highest BCUT2D eigenvalue weighted by atomic mass is 35.5. The van der Waals surface area contributed by atoms with Crippen molar-refractivity contribution in [3.8, 4) is 21.7 Å². The zero-order valence-electron chi connectivity index (χ0n) is 44.6. The van der Waals surface area contributed by atoms with E-state index >= 15 is 0 Å². The standard InChI is InChI=1S/C58H65ClF2N10O7S/c1-36-52(79-35-67-36)38-12-10-37(11-13-38)32-65-55(74)47-9-6-24-71(47)56(75)53(58(2,3)4)69-48(72)20-21-62-22-25-76-27-29-78-30-28-77-26-23-63-54(73)39-14-17-42(18-15-39)68-57-66-34-40-33-64-51(49-45(60)7-5-8-46(49)61)44-31-41(59)16-19-43(44)50(40)70-57/h5,7-8,10-19,31,34-35,47,53,62H,6,9,20-30,32-33H2,1-4H3,(H,63,73)(H,65,74)(H,69,72)(H,66,68,70)/t47-,53?/m0/s1. The second-order valence-electron chi connectivity index (χ2n) is 20.1. The van der Waals surface area contributed by atoms with Gasteiger partial charge in [-0.15, -0.1) is 11.3 Å². The monoisotopic (exact) mass is 1120 g/mol. The van der Waals surface area contributed by atoms with Crippen LogP contribution < -0.4 is 26.6 Å². The second kappa shape index (κ2) is 27.7. The Kier molecular flexibility index (Phi) is 20.4. The van der Waals surface area contributed by atoms with Gasteiger partial charge in [0, 0.05) is 78.3 Å². The van der Waals surface area contributed by atoms with E-state index in [2.05, 4.69) is 41.5 Å². The average Bonchev–Trinajstić information content (AvgIpc) is 4.30. The van der Waals surface area contributed by atoms with Crippen LogP contribution in [0.3, 0.4) is 0 Å². The van der Waals surface area contributed by atoms with Crippen LogP contribution >= 0.6 is 22.9 Å². The van der Waals surface area contributed by atoms with Crippen molar-refractivity contribution in [2.75, 3.05) is 71.1 Å². The number of fused-ring (bicyclic) bond motifs is 3. The van der Waals surface area contributed by atoms with E-state index in [0.29, 0.717) is 124 Å². The van der Waals surface area contributed by atoms with E-state index < -0.39 is 29.1 Å². The Morgan fingerprint density at radius 2 is 1.54 bits per heavy atom. The summed E-state index contributed by atoms with van der Waals surface area (Å²) in [5, 5.41) is 15.5. The number of benzene rings is 4. The molecule has 0 bridgehead atoms. The van der Waals surface area contributed by atoms with E-state index in [-0.39, 0.29) is 53.8 Å². The topological polar surface area (TPSA) is 210 Å². The molecule has 6 aromatic rings. The van der Waals surface area contributed by atoms with Gasteiger partial charge in [-0.2, -0.15) is 0 Å². The molecular weight excluding hydrogens is 1050 g/mol. The Hall–Kier alpha value is -7.07. The third kappa shape index (κ3) is 15.6. The average molecular weight is 1120 g/mol. The molecule has 0 aliphatic carbocycles. The van der Waals surface area contributed by atoms with Gasteiger partial charge in [0.1, 0.15) is 23.7 Å². The van der Waals surface area contributed by atoms with Crippen molar-refractivity contribution in [3.63, 3.8) is 0 Å². The van der Waals surface area contributed by atoms with Gasteiger partial charge in [-0.25, -0.2) is 23.7 Å². The fraction of sp³-hybridized carbons (Fsp3) is 0.379. The first kappa shape index (κ1) is 58.1. The van der Waals surface area contributed by atoms with Crippen molar-refractivity contribution in [1.29, 1.82) is 0 Å². The molecular formula is C58H65ClF2N10O7S. The number of aromatic nitrogens is 3. The lowest BCUT2D eigenvalue weighted by Gasteiger charge is -2.35. The minimum Gasteiger partial charge on any atom is -0.378 e. The summed E-state index contributed by atoms with van der Waals surface area (Å²) in [6.45, 7) is 11.9. The van der Waals surface area contributed by atoms with Crippen molar-refractivity contribution < 1.29 is 42.2 Å². The van der Waals surface area contributed by atoms with Crippen LogP contribution in [0.4, 0.5) is 20.4 Å². The van der Waals surface area contributed by atoms with Crippen LogP contribution in [0.5, 0.6) is 0 Å². The molecule has 79 heavy (non-hydrogen) atoms. The molecule has 1 saturated heterocycles. The molecule has 4 heterocycles. The van der Waals surface area contributed by atoms with Gasteiger partial charge in [0.25, 0.3) is 5.91 Å². The van der Waals surface area contributed by atoms with Gasteiger partial charge < -0.3 is 45.7 Å². The highest BCUT2D eigenvalue weighted by Gasteiger charge is 2.42. The number of nitrogens with zero attached hydrogens (tertiary/aromatic N) is 5. The number of hydrogen-bond acceptors (Lipinski definition) is 14. The maximum Gasteiger partial charge on any atom is 0.251 e. The molecule has 1 fully saturated rings. The molecule has 17 nitrogen and oxygen atoms in total. The van der Waals surface area contributed by atoms with Crippen molar-refractivity contribution >= 4 is 63.9 Å². The van der Waals surface area contributed by atoms with E-state index in [0.717, 1.165) is 21.7 Å². The summed E-state index contributed by atoms with van der Waals surface area (Å²) in [5.74, 6) is -2.20. The second-order valence-corrected chi connectivity index (χ2v) is 21.3. The zero-order valence-corrected chi connectivity index (χ0v) is 46.2. The predicted molar refractivity (Wildman–Crippen MR) is 300 cm³/mol. The summed E-state index contributed by atoms with van der Waals surface area (Å²) in [7, 11) is 0. The van der Waals surface area contributed by atoms with E-state index in [9.17, 15) is 28.0 Å². The summed E-state index contributed by atoms with van der Waals surface area (Å²) < 4.78 is 46.8. The van der Waals surface area contributed by atoms with Crippen LogP contribution in [0.25, 0.3) is 21.7 Å². The molecule has 4 aromatic carbocycles. The number of aliphatic imine (C=N–C) groups is 1. The van der Waals surface area contributed by atoms with E-state index in [1.807, 2.05) is 57.5 Å². The minimum absolute atomic E-state index is 0.0873. The predicted octanol–water partition coefficient (Wildman–Crippen LogP) is 8.20. The summed E-state index contributed by atoms with van der Waals surface area (Å²) in [4.78, 5) is 74.1. The van der Waals surface area contributed by atoms with Gasteiger partial charge in [-0.3, -0.25) is 24.2 Å². The van der Waals surface area contributed by atoms with Gasteiger partial charge in [0.15, 0.2) is 0 Å². The van der Waals surface area contributed by atoms with Crippen LogP contribution in [0, 0.1) is 24.0 Å². The van der Waals surface area contributed by atoms with E-state index in [1.165, 1.54) is 18.2 Å². The van der Waals surface area contributed by atoms with E-state index in [4.69, 9.17) is 30.8 Å². The first-order chi connectivity index (χ1) is 38.1. The molecule has 8 rings (SSSR count). The highest BCUT2D eigenvalue weighted by molar-refractivity contribution is 7.13. The van der Waals surface area contributed by atoms with Gasteiger partial charge in [0.2, 0.25) is 23.7 Å². The number of likely N-dealkylation sites (tertiary alicyclic amines) is 1. The molecule has 0 spiro atoms. The molecule has 416 valence electrons. The molecule has 2 aliphatic rings. The molecule has 1 unspecified atom stereocenters. The van der Waals surface area contributed by atoms with Crippen LogP contribution in [0.1, 0.15) is 78.3 Å². The largest absolute Gasteiger partial charge is 0.378 e. The zero-order chi connectivity index (χ0) is 55.9. The number of aryl methyl sites for hydroxylation is 1. The van der Waals surface area contributed by atoms with Gasteiger partial charge >= 0.3 is 0 Å². The molecule has 0 radical (unpaired) electrons. The smallest absolute Gasteiger partial charge is 0.251 e. The molecule has 2 aromatic heterocycles. The molecule has 0 saturated carbocycles. The van der Waals surface area contributed by atoms with Crippen molar-refractivity contribution in [2.45, 2.75) is 72.1 Å². The summed E-state index contributed by atoms with van der Waals surface area (Å²) in [5.41, 5.74) is 7.45. The number of carbonyl (C=O) groups is 4. The number of anilines is 2. The highest BCUT2D eigenvalue weighted by Crippen LogP contribution is 2.35. The number of ether oxygens (including phenoxy) is 3. The van der Waals surface area contributed by atoms with Gasteiger partial charge in [-0.05, 0) is 84.8 Å². The quantitative estimate of drug-likeness (QED) is 0.0344. The van der Waals surface area contributed by atoms with Crippen LogP contribution in [-0.2, 0) is 41.7 Å². The first-order valence-corrected chi connectivity index (χ1v) is 27.5. The molecule has 21 heteroatoms. The fourth-order valence-corrected chi connectivity index (χ4v) is 10.1. The molecule has 2 atom stereocenters. The maximum absolute atomic E-state index is 15.0. The fourth-order valence-electron chi connectivity index (χ4n) is 9.12.